The van der Waals surface area contributed by atoms with E-state index in [1.54, 1.807) is 11.1 Å². The molecule has 3 saturated carbocycles. The molecule has 1 nitrogen and oxygen atoms in total. The largest absolute Gasteiger partial charge is 0.310 e. The van der Waals surface area contributed by atoms with Crippen LogP contribution in [-0.2, 0) is 5.41 Å². The third-order valence-electron chi connectivity index (χ3n) is 17.0. The number of hydrogen-bond donors (Lipinski definition) is 0. The molecule has 0 N–H and O–H groups in total. The molecule has 0 atom stereocenters. The van der Waals surface area contributed by atoms with Gasteiger partial charge in [0.15, 0.2) is 0 Å². The molecule has 0 heterocycles. The first-order valence-corrected chi connectivity index (χ1v) is 27.2. The molecule has 0 radical (unpaired) electrons. The van der Waals surface area contributed by atoms with Gasteiger partial charge in [-0.3, -0.25) is 0 Å². The molecule has 346 valence electrons. The van der Waals surface area contributed by atoms with Gasteiger partial charge in [-0.25, -0.2) is 0 Å². The summed E-state index contributed by atoms with van der Waals surface area (Å²) in [5.41, 5.74) is 22.0. The van der Waals surface area contributed by atoms with Crippen LogP contribution < -0.4 is 4.90 Å². The summed E-state index contributed by atoms with van der Waals surface area (Å²) in [6, 6.07) is 62.1. The van der Waals surface area contributed by atoms with Crippen LogP contribution in [0.2, 0.25) is 0 Å². The van der Waals surface area contributed by atoms with Gasteiger partial charge in [0.2, 0.25) is 0 Å². The average molecular weight is 892 g/mol. The topological polar surface area (TPSA) is 3.24 Å². The minimum absolute atomic E-state index is 0.0116. The summed E-state index contributed by atoms with van der Waals surface area (Å²) >= 11 is 0. The van der Waals surface area contributed by atoms with E-state index in [1.165, 1.54) is 175 Å². The number of rotatable bonds is 13. The maximum atomic E-state index is 2.63. The minimum Gasteiger partial charge on any atom is -0.310 e. The van der Waals surface area contributed by atoms with Crippen LogP contribution in [0.15, 0.2) is 158 Å². The Labute approximate surface area is 409 Å². The van der Waals surface area contributed by atoms with E-state index in [2.05, 4.69) is 176 Å². The fraction of sp³-hybridized carbons (Fsp3) is 0.373. The van der Waals surface area contributed by atoms with E-state index in [4.69, 9.17) is 0 Å². The first kappa shape index (κ1) is 44.8. The summed E-state index contributed by atoms with van der Waals surface area (Å²) in [5.74, 6) is 2.08. The van der Waals surface area contributed by atoms with E-state index >= 15 is 0 Å². The predicted molar refractivity (Wildman–Crippen MR) is 291 cm³/mol. The number of nitrogens with zero attached hydrogens (tertiary/aromatic N) is 1. The summed E-state index contributed by atoms with van der Waals surface area (Å²) < 4.78 is 0. The Kier molecular flexibility index (Phi) is 13.3. The summed E-state index contributed by atoms with van der Waals surface area (Å²) in [5, 5.41) is 0. The molecular weight excluding hydrogens is 819 g/mol. The molecule has 3 fully saturated rings. The third kappa shape index (κ3) is 8.92. The Hall–Kier alpha value is -5.66. The maximum absolute atomic E-state index is 2.63. The first-order valence-electron chi connectivity index (χ1n) is 27.2. The fourth-order valence-electron chi connectivity index (χ4n) is 13.6. The van der Waals surface area contributed by atoms with Crippen molar-refractivity contribution < 1.29 is 0 Å². The van der Waals surface area contributed by atoms with Crippen molar-refractivity contribution in [1.82, 2.24) is 0 Å². The van der Waals surface area contributed by atoms with Crippen LogP contribution in [0.5, 0.6) is 0 Å². The summed E-state index contributed by atoms with van der Waals surface area (Å²) in [7, 11) is 0. The van der Waals surface area contributed by atoms with Crippen molar-refractivity contribution in [2.75, 3.05) is 4.90 Å². The summed E-state index contributed by atoms with van der Waals surface area (Å²) in [6.45, 7) is 4.73. The molecule has 0 unspecified atom stereocenters. The van der Waals surface area contributed by atoms with E-state index in [9.17, 15) is 0 Å². The van der Waals surface area contributed by atoms with Crippen molar-refractivity contribution in [3.63, 3.8) is 0 Å². The molecule has 4 aliphatic rings. The van der Waals surface area contributed by atoms with Gasteiger partial charge in [-0.05, 0) is 184 Å². The normalized spacial score (nSPS) is 17.4. The van der Waals surface area contributed by atoms with Gasteiger partial charge in [0, 0.05) is 22.5 Å². The van der Waals surface area contributed by atoms with Crippen molar-refractivity contribution >= 4 is 17.1 Å². The van der Waals surface area contributed by atoms with Gasteiger partial charge in [0.25, 0.3) is 0 Å². The van der Waals surface area contributed by atoms with E-state index in [1.807, 2.05) is 0 Å². The highest BCUT2D eigenvalue weighted by molar-refractivity contribution is 5.87. The number of anilines is 3. The van der Waals surface area contributed by atoms with Gasteiger partial charge in [0.05, 0.1) is 0 Å². The lowest BCUT2D eigenvalue weighted by atomic mass is 9.71. The van der Waals surface area contributed by atoms with E-state index in [0.717, 1.165) is 25.7 Å². The lowest BCUT2D eigenvalue weighted by Crippen LogP contribution is -2.25. The molecule has 4 aliphatic carbocycles. The molecule has 1 heteroatoms. The maximum Gasteiger partial charge on any atom is 0.0467 e. The van der Waals surface area contributed by atoms with Crippen molar-refractivity contribution in [3.8, 4) is 44.5 Å². The van der Waals surface area contributed by atoms with Crippen molar-refractivity contribution in [3.05, 3.63) is 186 Å². The van der Waals surface area contributed by atoms with Crippen LogP contribution in [0.25, 0.3) is 44.5 Å². The highest BCUT2D eigenvalue weighted by atomic mass is 15.1. The molecule has 7 aromatic rings. The Morgan fingerprint density at radius 3 is 1.47 bits per heavy atom. The van der Waals surface area contributed by atoms with Gasteiger partial charge >= 0.3 is 0 Å². The molecule has 0 amide bonds. The zero-order chi connectivity index (χ0) is 45.9. The molecule has 7 aromatic carbocycles. The van der Waals surface area contributed by atoms with Crippen molar-refractivity contribution in [1.29, 1.82) is 0 Å². The zero-order valence-corrected chi connectivity index (χ0v) is 41.1. The predicted octanol–water partition coefficient (Wildman–Crippen LogP) is 20.2. The van der Waals surface area contributed by atoms with Crippen LogP contribution in [0.1, 0.15) is 181 Å². The van der Waals surface area contributed by atoms with Crippen LogP contribution in [-0.4, -0.2) is 0 Å². The second-order valence-corrected chi connectivity index (χ2v) is 21.4. The molecule has 11 rings (SSSR count). The van der Waals surface area contributed by atoms with E-state index < -0.39 is 0 Å². The molecule has 68 heavy (non-hydrogen) atoms. The van der Waals surface area contributed by atoms with Gasteiger partial charge < -0.3 is 4.90 Å². The zero-order valence-electron chi connectivity index (χ0n) is 41.1. The SMILES string of the molecule is CCCC1(CCC)c2ccccc2-c2ccc(N(c3ccc(-c4cccc(C5CCCCC5)c4)cc3)c3cccc(-c4cccc(-c5cc(C6CCCCC6)cc(C6CCCCC6)c5)c4)c3)cc21. The Morgan fingerprint density at radius 2 is 0.838 bits per heavy atom. The minimum atomic E-state index is 0.0116. The second-order valence-electron chi connectivity index (χ2n) is 21.4. The highest BCUT2D eigenvalue weighted by Gasteiger charge is 2.42. The van der Waals surface area contributed by atoms with Crippen LogP contribution in [0.3, 0.4) is 0 Å². The van der Waals surface area contributed by atoms with Crippen LogP contribution >= 0.6 is 0 Å². The average Bonchev–Trinajstić information content (AvgIpc) is 3.68. The number of hydrogen-bond acceptors (Lipinski definition) is 1. The molecule has 0 spiro atoms. The lowest BCUT2D eigenvalue weighted by molar-refractivity contribution is 0.435. The number of benzene rings is 7. The first-order chi connectivity index (χ1) is 33.6. The van der Waals surface area contributed by atoms with Gasteiger partial charge in [0.1, 0.15) is 0 Å². The van der Waals surface area contributed by atoms with E-state index in [-0.39, 0.29) is 5.41 Å². The molecule has 0 bridgehead atoms. The van der Waals surface area contributed by atoms with Crippen LogP contribution in [0.4, 0.5) is 17.1 Å². The smallest absolute Gasteiger partial charge is 0.0467 e. The fourth-order valence-corrected chi connectivity index (χ4v) is 13.6. The molecule has 0 aliphatic heterocycles. The Bertz CT molecular complexity index is 2780. The highest BCUT2D eigenvalue weighted by Crippen LogP contribution is 2.55. The van der Waals surface area contributed by atoms with Crippen molar-refractivity contribution in [2.24, 2.45) is 0 Å². The number of fused-ring (bicyclic) bond motifs is 3. The van der Waals surface area contributed by atoms with Crippen LogP contribution in [0, 0.1) is 0 Å². The third-order valence-corrected chi connectivity index (χ3v) is 17.0. The summed E-state index contributed by atoms with van der Waals surface area (Å²) in [6.07, 6.45) is 24.9. The molecule has 0 saturated heterocycles. The monoisotopic (exact) mass is 892 g/mol. The van der Waals surface area contributed by atoms with Gasteiger partial charge in [-0.1, -0.05) is 200 Å². The molecule has 0 aromatic heterocycles. The Morgan fingerprint density at radius 1 is 0.353 bits per heavy atom. The quantitative estimate of drug-likeness (QED) is 0.111. The standard InChI is InChI=1S/C67H73N/c1-3-39-67(40-4-2)65-32-15-14-31-63(65)64-38-37-62(47-66(64)67)68(60-35-33-51(34-36-60)53-26-16-25-52(41-53)48-19-8-5-9-20-48)61-30-18-29-56(46-61)54-27-17-28-55(42-54)59-44-57(49-21-10-6-11-22-49)43-58(45-59)50-23-12-7-13-24-50/h14-18,25-38,41-50H,3-13,19-24,39-40H2,1-2H3. The van der Waals surface area contributed by atoms with E-state index in [0.29, 0.717) is 17.8 Å². The Balaban J connectivity index is 0.994. The summed E-state index contributed by atoms with van der Waals surface area (Å²) in [4.78, 5) is 2.53. The van der Waals surface area contributed by atoms with Gasteiger partial charge in [-0.2, -0.15) is 0 Å². The van der Waals surface area contributed by atoms with Gasteiger partial charge in [-0.15, -0.1) is 0 Å². The molecular formula is C67H73N. The second kappa shape index (κ2) is 20.1. The lowest BCUT2D eigenvalue weighted by Gasteiger charge is -2.33. The van der Waals surface area contributed by atoms with Crippen molar-refractivity contribution in [2.45, 2.75) is 159 Å².